The second kappa shape index (κ2) is 8.17. The Morgan fingerprint density at radius 2 is 2.04 bits per heavy atom. The molecule has 1 amide bonds. The molecule has 0 bridgehead atoms. The second-order valence-corrected chi connectivity index (χ2v) is 8.19. The van der Waals surface area contributed by atoms with Gasteiger partial charge in [0.2, 0.25) is 0 Å². The van der Waals surface area contributed by atoms with Crippen molar-refractivity contribution in [3.05, 3.63) is 54.7 Å². The maximum Gasteiger partial charge on any atom is 0.273 e. The number of aryl methyl sites for hydroxylation is 1. The predicted molar refractivity (Wildman–Crippen MR) is 98.8 cm³/mol. The van der Waals surface area contributed by atoms with E-state index in [0.29, 0.717) is 17.9 Å². The first kappa shape index (κ1) is 18.8. The van der Waals surface area contributed by atoms with Crippen LogP contribution in [0.25, 0.3) is 11.3 Å². The van der Waals surface area contributed by atoms with Crippen molar-refractivity contribution in [2.45, 2.75) is 24.8 Å². The molecule has 0 atom stereocenters. The Balaban J connectivity index is 1.58. The second-order valence-electron chi connectivity index (χ2n) is 5.91. The van der Waals surface area contributed by atoms with Gasteiger partial charge >= 0.3 is 0 Å². The van der Waals surface area contributed by atoms with Crippen molar-refractivity contribution in [3.8, 4) is 11.3 Å². The van der Waals surface area contributed by atoms with Gasteiger partial charge in [-0.05, 0) is 30.7 Å². The van der Waals surface area contributed by atoms with Crippen molar-refractivity contribution < 1.29 is 17.7 Å². The lowest BCUT2D eigenvalue weighted by Gasteiger charge is -2.03. The first-order valence-corrected chi connectivity index (χ1v) is 10.2. The Morgan fingerprint density at radius 1 is 1.26 bits per heavy atom. The molecule has 0 aliphatic carbocycles. The SMILES string of the molecule is CCS(=O)(=O)c1ccc(-c2cc(C(=O)NCCCn3ccnc3)no2)cc1. The molecule has 0 aliphatic heterocycles. The molecule has 0 aliphatic rings. The van der Waals surface area contributed by atoms with Gasteiger partial charge in [0.05, 0.1) is 17.0 Å². The summed E-state index contributed by atoms with van der Waals surface area (Å²) in [4.78, 5) is 16.4. The van der Waals surface area contributed by atoms with Crippen LogP contribution in [-0.4, -0.2) is 41.3 Å². The normalized spacial score (nSPS) is 11.4. The highest BCUT2D eigenvalue weighted by Crippen LogP contribution is 2.22. The van der Waals surface area contributed by atoms with Crippen molar-refractivity contribution in [2.24, 2.45) is 0 Å². The molecule has 2 aromatic heterocycles. The monoisotopic (exact) mass is 388 g/mol. The number of imidazole rings is 1. The predicted octanol–water partition coefficient (Wildman–Crippen LogP) is 2.15. The summed E-state index contributed by atoms with van der Waals surface area (Å²) in [6, 6.07) is 7.85. The highest BCUT2D eigenvalue weighted by atomic mass is 32.2. The van der Waals surface area contributed by atoms with E-state index in [9.17, 15) is 13.2 Å². The molecular formula is C18H20N4O4S. The number of hydrogen-bond acceptors (Lipinski definition) is 6. The maximum atomic E-state index is 12.1. The van der Waals surface area contributed by atoms with Crippen LogP contribution in [0.3, 0.4) is 0 Å². The maximum absolute atomic E-state index is 12.1. The molecule has 0 fully saturated rings. The van der Waals surface area contributed by atoms with E-state index in [4.69, 9.17) is 4.52 Å². The number of carbonyl (C=O) groups is 1. The zero-order valence-corrected chi connectivity index (χ0v) is 15.6. The highest BCUT2D eigenvalue weighted by Gasteiger charge is 2.15. The van der Waals surface area contributed by atoms with Gasteiger partial charge < -0.3 is 14.4 Å². The number of hydrogen-bond donors (Lipinski definition) is 1. The molecule has 142 valence electrons. The standard InChI is InChI=1S/C18H20N4O4S/c1-2-27(24,25)15-6-4-14(5-7-15)17-12-16(21-26-17)18(23)20-8-3-10-22-11-9-19-13-22/h4-7,9,11-13H,2-3,8,10H2,1H3,(H,20,23). The first-order valence-electron chi connectivity index (χ1n) is 8.53. The van der Waals surface area contributed by atoms with Crippen LogP contribution in [0.2, 0.25) is 0 Å². The Hall–Kier alpha value is -2.94. The van der Waals surface area contributed by atoms with E-state index in [2.05, 4.69) is 15.5 Å². The van der Waals surface area contributed by atoms with Gasteiger partial charge in [-0.1, -0.05) is 12.1 Å². The van der Waals surface area contributed by atoms with Crippen LogP contribution >= 0.6 is 0 Å². The molecule has 9 heteroatoms. The molecule has 0 saturated carbocycles. The molecule has 1 N–H and O–H groups in total. The number of nitrogens with one attached hydrogen (secondary N) is 1. The van der Waals surface area contributed by atoms with Crippen molar-refractivity contribution in [3.63, 3.8) is 0 Å². The van der Waals surface area contributed by atoms with E-state index in [1.807, 2.05) is 10.8 Å². The molecule has 3 rings (SSSR count). The number of aromatic nitrogens is 3. The molecule has 0 saturated heterocycles. The lowest BCUT2D eigenvalue weighted by atomic mass is 10.1. The van der Waals surface area contributed by atoms with Crippen molar-refractivity contribution in [1.29, 1.82) is 0 Å². The largest absolute Gasteiger partial charge is 0.355 e. The van der Waals surface area contributed by atoms with E-state index >= 15 is 0 Å². The Bertz CT molecular complexity index is 992. The lowest BCUT2D eigenvalue weighted by molar-refractivity contribution is 0.0943. The minimum absolute atomic E-state index is 0.0415. The average Bonchev–Trinajstić information content (AvgIpc) is 3.37. The quantitative estimate of drug-likeness (QED) is 0.593. The van der Waals surface area contributed by atoms with Gasteiger partial charge in [-0.2, -0.15) is 0 Å². The zero-order chi connectivity index (χ0) is 19.3. The third-order valence-corrected chi connectivity index (χ3v) is 5.81. The molecule has 0 unspecified atom stereocenters. The number of carbonyl (C=O) groups excluding carboxylic acids is 1. The zero-order valence-electron chi connectivity index (χ0n) is 14.8. The minimum atomic E-state index is -3.25. The Morgan fingerprint density at radius 3 is 2.70 bits per heavy atom. The summed E-state index contributed by atoms with van der Waals surface area (Å²) in [6.07, 6.45) is 6.06. The number of amides is 1. The van der Waals surface area contributed by atoms with Crippen LogP contribution in [0.15, 0.2) is 58.5 Å². The number of benzene rings is 1. The van der Waals surface area contributed by atoms with Gasteiger partial charge in [-0.25, -0.2) is 13.4 Å². The van der Waals surface area contributed by atoms with Crippen LogP contribution in [0, 0.1) is 0 Å². The third kappa shape index (κ3) is 4.62. The van der Waals surface area contributed by atoms with E-state index < -0.39 is 9.84 Å². The van der Waals surface area contributed by atoms with E-state index in [-0.39, 0.29) is 22.2 Å². The number of rotatable bonds is 8. The Labute approximate surface area is 157 Å². The fraction of sp³-hybridized carbons (Fsp3) is 0.278. The third-order valence-electron chi connectivity index (χ3n) is 4.06. The molecule has 27 heavy (non-hydrogen) atoms. The molecule has 0 radical (unpaired) electrons. The van der Waals surface area contributed by atoms with Crippen LogP contribution in [0.1, 0.15) is 23.8 Å². The van der Waals surface area contributed by atoms with Crippen LogP contribution in [0.4, 0.5) is 0 Å². The topological polar surface area (TPSA) is 107 Å². The summed E-state index contributed by atoms with van der Waals surface area (Å²) < 4.78 is 30.8. The van der Waals surface area contributed by atoms with Gasteiger partial charge in [0.25, 0.3) is 5.91 Å². The van der Waals surface area contributed by atoms with Gasteiger partial charge in [0, 0.05) is 37.1 Å². The summed E-state index contributed by atoms with van der Waals surface area (Å²) in [5, 5.41) is 6.58. The molecule has 3 aromatic rings. The van der Waals surface area contributed by atoms with Crippen molar-refractivity contribution in [1.82, 2.24) is 20.0 Å². The first-order chi connectivity index (χ1) is 13.0. The summed E-state index contributed by atoms with van der Waals surface area (Å²) in [5.74, 6) is 0.125. The van der Waals surface area contributed by atoms with Crippen LogP contribution < -0.4 is 5.32 Å². The smallest absolute Gasteiger partial charge is 0.273 e. The van der Waals surface area contributed by atoms with Crippen LogP contribution in [-0.2, 0) is 16.4 Å². The summed E-state index contributed by atoms with van der Waals surface area (Å²) in [5.41, 5.74) is 0.828. The van der Waals surface area contributed by atoms with Crippen molar-refractivity contribution in [2.75, 3.05) is 12.3 Å². The fourth-order valence-electron chi connectivity index (χ4n) is 2.48. The molecule has 2 heterocycles. The van der Waals surface area contributed by atoms with E-state index in [1.54, 1.807) is 31.6 Å². The summed E-state index contributed by atoms with van der Waals surface area (Å²) in [7, 11) is -3.25. The summed E-state index contributed by atoms with van der Waals surface area (Å²) in [6.45, 7) is 2.86. The van der Waals surface area contributed by atoms with Crippen LogP contribution in [0.5, 0.6) is 0 Å². The fourth-order valence-corrected chi connectivity index (χ4v) is 3.37. The molecule has 1 aromatic carbocycles. The van der Waals surface area contributed by atoms with Gasteiger partial charge in [-0.3, -0.25) is 4.79 Å². The highest BCUT2D eigenvalue weighted by molar-refractivity contribution is 7.91. The van der Waals surface area contributed by atoms with Gasteiger partial charge in [0.1, 0.15) is 0 Å². The van der Waals surface area contributed by atoms with Gasteiger partial charge in [0.15, 0.2) is 21.3 Å². The van der Waals surface area contributed by atoms with E-state index in [0.717, 1.165) is 13.0 Å². The Kier molecular flexibility index (Phi) is 5.70. The lowest BCUT2D eigenvalue weighted by Crippen LogP contribution is -2.25. The average molecular weight is 388 g/mol. The van der Waals surface area contributed by atoms with E-state index in [1.165, 1.54) is 18.2 Å². The minimum Gasteiger partial charge on any atom is -0.355 e. The number of sulfone groups is 1. The molecule has 0 spiro atoms. The summed E-state index contributed by atoms with van der Waals surface area (Å²) >= 11 is 0. The molecular weight excluding hydrogens is 368 g/mol. The van der Waals surface area contributed by atoms with Gasteiger partial charge in [-0.15, -0.1) is 0 Å². The van der Waals surface area contributed by atoms with Crippen molar-refractivity contribution >= 4 is 15.7 Å². The number of nitrogens with zero attached hydrogens (tertiary/aromatic N) is 3. The molecule has 8 nitrogen and oxygen atoms in total.